The highest BCUT2D eigenvalue weighted by Gasteiger charge is 2.46. The average molecular weight is 406 g/mol. The first-order valence-corrected chi connectivity index (χ1v) is 10.4. The first kappa shape index (κ1) is 20.1. The molecule has 30 heavy (non-hydrogen) atoms. The normalized spacial score (nSPS) is 20.5. The van der Waals surface area contributed by atoms with Crippen molar-refractivity contribution in [1.82, 2.24) is 19.8 Å². The molecular formula is C23H26N4O3. The van der Waals surface area contributed by atoms with E-state index in [1.165, 1.54) is 4.90 Å². The predicted octanol–water partition coefficient (Wildman–Crippen LogP) is 2.20. The van der Waals surface area contributed by atoms with Crippen molar-refractivity contribution in [1.29, 1.82) is 0 Å². The molecule has 2 aliphatic rings. The molecule has 0 saturated carbocycles. The highest BCUT2D eigenvalue weighted by molar-refractivity contribution is 6.05. The molecule has 3 amide bonds. The fourth-order valence-corrected chi connectivity index (χ4v) is 4.20. The van der Waals surface area contributed by atoms with E-state index in [0.717, 1.165) is 23.5 Å². The van der Waals surface area contributed by atoms with Crippen LogP contribution in [0.5, 0.6) is 0 Å². The van der Waals surface area contributed by atoms with Gasteiger partial charge >= 0.3 is 0 Å². The summed E-state index contributed by atoms with van der Waals surface area (Å²) in [5.41, 5.74) is 2.14. The predicted molar refractivity (Wildman–Crippen MR) is 111 cm³/mol. The van der Waals surface area contributed by atoms with Crippen LogP contribution < -0.4 is 5.32 Å². The molecule has 0 radical (unpaired) electrons. The van der Waals surface area contributed by atoms with Gasteiger partial charge in [-0.05, 0) is 30.9 Å². The topological polar surface area (TPSA) is 84.3 Å². The van der Waals surface area contributed by atoms with Gasteiger partial charge in [-0.1, -0.05) is 36.4 Å². The van der Waals surface area contributed by atoms with E-state index in [-0.39, 0.29) is 42.5 Å². The molecule has 1 aliphatic heterocycles. The maximum Gasteiger partial charge on any atom is 0.233 e. The number of hydrogen-bond donors (Lipinski definition) is 1. The minimum atomic E-state index is -0.243. The molecule has 156 valence electrons. The zero-order valence-electron chi connectivity index (χ0n) is 17.1. The lowest BCUT2D eigenvalue weighted by Crippen LogP contribution is -2.35. The Morgan fingerprint density at radius 2 is 1.83 bits per heavy atom. The summed E-state index contributed by atoms with van der Waals surface area (Å²) in [6.45, 7) is 3.25. The maximum absolute atomic E-state index is 12.5. The van der Waals surface area contributed by atoms with Gasteiger partial charge in [0, 0.05) is 38.4 Å². The molecule has 0 spiro atoms. The van der Waals surface area contributed by atoms with Crippen LogP contribution in [0.25, 0.3) is 0 Å². The van der Waals surface area contributed by atoms with Crippen molar-refractivity contribution in [2.24, 2.45) is 11.8 Å². The number of allylic oxidation sites excluding steroid dienone is 2. The third-order valence-corrected chi connectivity index (χ3v) is 5.92. The minimum absolute atomic E-state index is 0.123. The van der Waals surface area contributed by atoms with Gasteiger partial charge in [0.2, 0.25) is 17.7 Å². The lowest BCUT2D eigenvalue weighted by Gasteiger charge is -2.14. The Bertz CT molecular complexity index is 968. The molecule has 0 unspecified atom stereocenters. The minimum Gasteiger partial charge on any atom is -0.352 e. The molecule has 2 aromatic rings. The largest absolute Gasteiger partial charge is 0.352 e. The lowest BCUT2D eigenvalue weighted by atomic mass is 9.85. The zero-order chi connectivity index (χ0) is 21.1. The van der Waals surface area contributed by atoms with Gasteiger partial charge in [0.25, 0.3) is 0 Å². The van der Waals surface area contributed by atoms with Crippen molar-refractivity contribution >= 4 is 17.7 Å². The number of imide groups is 1. The van der Waals surface area contributed by atoms with Crippen LogP contribution in [0.2, 0.25) is 0 Å². The Kier molecular flexibility index (Phi) is 5.79. The highest BCUT2D eigenvalue weighted by Crippen LogP contribution is 2.34. The average Bonchev–Trinajstić information content (AvgIpc) is 3.26. The number of fused-ring (bicyclic) bond motifs is 1. The summed E-state index contributed by atoms with van der Waals surface area (Å²) in [7, 11) is 0. The van der Waals surface area contributed by atoms with Crippen LogP contribution in [0.3, 0.4) is 0 Å². The van der Waals surface area contributed by atoms with Crippen molar-refractivity contribution in [2.45, 2.75) is 39.3 Å². The van der Waals surface area contributed by atoms with Crippen LogP contribution in [-0.2, 0) is 27.5 Å². The van der Waals surface area contributed by atoms with E-state index < -0.39 is 0 Å². The molecule has 0 bridgehead atoms. The van der Waals surface area contributed by atoms with E-state index in [9.17, 15) is 14.4 Å². The molecule has 7 nitrogen and oxygen atoms in total. The Balaban J connectivity index is 1.27. The molecular weight excluding hydrogens is 380 g/mol. The van der Waals surface area contributed by atoms with Gasteiger partial charge in [0.05, 0.1) is 11.8 Å². The molecule has 1 N–H and O–H groups in total. The number of nitrogens with one attached hydrogen (secondary N) is 1. The van der Waals surface area contributed by atoms with E-state index in [1.807, 2.05) is 43.5 Å². The van der Waals surface area contributed by atoms with Crippen LogP contribution in [0, 0.1) is 18.8 Å². The van der Waals surface area contributed by atoms with Gasteiger partial charge < -0.3 is 9.88 Å². The third-order valence-electron chi connectivity index (χ3n) is 5.92. The lowest BCUT2D eigenvalue weighted by molar-refractivity contribution is -0.140. The van der Waals surface area contributed by atoms with Crippen LogP contribution in [0.1, 0.15) is 36.2 Å². The molecule has 1 aromatic carbocycles. The molecule has 4 rings (SSSR count). The van der Waals surface area contributed by atoms with E-state index >= 15 is 0 Å². The monoisotopic (exact) mass is 406 g/mol. The highest BCUT2D eigenvalue weighted by atomic mass is 16.2. The fraction of sp³-hybridized carbons (Fsp3) is 0.391. The standard InChI is InChI=1S/C23H26N4O3/c1-16-24-10-12-26(16)15-18-6-4-5-17(13-18)14-25-21(28)9-11-27-22(29)19-7-2-3-8-20(19)23(27)30/h2-6,10,12-13,19-20H,7-9,11,14-15H2,1H3,(H,25,28)/t19-,20-/m0/s1. The van der Waals surface area contributed by atoms with Crippen molar-refractivity contribution in [2.75, 3.05) is 6.54 Å². The number of carbonyl (C=O) groups is 3. The van der Waals surface area contributed by atoms with Crippen LogP contribution in [-0.4, -0.2) is 38.7 Å². The Morgan fingerprint density at radius 1 is 1.13 bits per heavy atom. The summed E-state index contributed by atoms with van der Waals surface area (Å²) in [6.07, 6.45) is 9.01. The first-order chi connectivity index (χ1) is 14.5. The van der Waals surface area contributed by atoms with E-state index in [4.69, 9.17) is 0 Å². The van der Waals surface area contributed by atoms with Gasteiger partial charge in [-0.25, -0.2) is 4.98 Å². The number of likely N-dealkylation sites (tertiary alicyclic amines) is 1. The molecule has 1 aromatic heterocycles. The number of imidazole rings is 1. The van der Waals surface area contributed by atoms with Gasteiger partial charge in [0.15, 0.2) is 0 Å². The summed E-state index contributed by atoms with van der Waals surface area (Å²) >= 11 is 0. The number of aryl methyl sites for hydroxylation is 1. The Hall–Kier alpha value is -3.22. The summed E-state index contributed by atoms with van der Waals surface area (Å²) in [5, 5.41) is 2.89. The Morgan fingerprint density at radius 3 is 2.50 bits per heavy atom. The molecule has 7 heteroatoms. The molecule has 2 atom stereocenters. The quantitative estimate of drug-likeness (QED) is 0.564. The van der Waals surface area contributed by atoms with Crippen LogP contribution in [0.15, 0.2) is 48.8 Å². The van der Waals surface area contributed by atoms with Crippen molar-refractivity contribution in [3.63, 3.8) is 0 Å². The van der Waals surface area contributed by atoms with E-state index in [2.05, 4.69) is 20.9 Å². The van der Waals surface area contributed by atoms with Crippen LogP contribution >= 0.6 is 0 Å². The summed E-state index contributed by atoms with van der Waals surface area (Å²) in [4.78, 5) is 42.7. The maximum atomic E-state index is 12.5. The zero-order valence-corrected chi connectivity index (χ0v) is 17.1. The van der Waals surface area contributed by atoms with Gasteiger partial charge in [-0.15, -0.1) is 0 Å². The molecule has 2 heterocycles. The van der Waals surface area contributed by atoms with Gasteiger partial charge in [0.1, 0.15) is 5.82 Å². The van der Waals surface area contributed by atoms with Gasteiger partial charge in [-0.3, -0.25) is 19.3 Å². The Labute approximate surface area is 175 Å². The SMILES string of the molecule is Cc1nccn1Cc1cccc(CNC(=O)CCN2C(=O)[C@H]3CC=CC[C@@H]3C2=O)c1. The summed E-state index contributed by atoms with van der Waals surface area (Å²) in [6, 6.07) is 8.05. The number of carbonyl (C=O) groups excluding carboxylic acids is 3. The van der Waals surface area contributed by atoms with Gasteiger partial charge in [-0.2, -0.15) is 0 Å². The number of rotatable bonds is 7. The third kappa shape index (κ3) is 4.20. The molecule has 1 aliphatic carbocycles. The van der Waals surface area contributed by atoms with Crippen molar-refractivity contribution in [3.05, 3.63) is 65.8 Å². The fourth-order valence-electron chi connectivity index (χ4n) is 4.20. The second-order valence-electron chi connectivity index (χ2n) is 7.93. The number of benzene rings is 1. The second kappa shape index (κ2) is 8.65. The van der Waals surface area contributed by atoms with Crippen LogP contribution in [0.4, 0.5) is 0 Å². The van der Waals surface area contributed by atoms with Crippen molar-refractivity contribution in [3.8, 4) is 0 Å². The summed E-state index contributed by atoms with van der Waals surface area (Å²) < 4.78 is 2.06. The second-order valence-corrected chi connectivity index (χ2v) is 7.93. The number of hydrogen-bond acceptors (Lipinski definition) is 4. The molecule has 1 saturated heterocycles. The number of amides is 3. The smallest absolute Gasteiger partial charge is 0.233 e. The van der Waals surface area contributed by atoms with E-state index in [1.54, 1.807) is 6.20 Å². The van der Waals surface area contributed by atoms with Crippen molar-refractivity contribution < 1.29 is 14.4 Å². The molecule has 1 fully saturated rings. The summed E-state index contributed by atoms with van der Waals surface area (Å²) in [5.74, 6) is 0.0314. The van der Waals surface area contributed by atoms with E-state index in [0.29, 0.717) is 19.4 Å². The number of nitrogens with zero attached hydrogens (tertiary/aromatic N) is 3. The number of aromatic nitrogens is 2. The first-order valence-electron chi connectivity index (χ1n) is 10.4.